The summed E-state index contributed by atoms with van der Waals surface area (Å²) in [5.41, 5.74) is -2.62. The van der Waals surface area contributed by atoms with Crippen LogP contribution in [-0.2, 0) is 21.9 Å². The quantitative estimate of drug-likeness (QED) is 0.301. The Morgan fingerprint density at radius 1 is 0.531 bits per heavy atom. The topological polar surface area (TPSA) is 113 Å². The second kappa shape index (κ2) is 14.9. The predicted octanol–water partition coefficient (Wildman–Crippen LogP) is 7.72. The molecule has 6 atom stereocenters. The van der Waals surface area contributed by atoms with Crippen molar-refractivity contribution in [1.29, 1.82) is 0 Å². The number of amides is 2. The largest absolute Gasteiger partial charge is 0.417 e. The summed E-state index contributed by atoms with van der Waals surface area (Å²) in [6.07, 6.45) is 7.71. The molecule has 6 heterocycles. The summed E-state index contributed by atoms with van der Waals surface area (Å²) in [7, 11) is 0. The minimum atomic E-state index is -4.40. The van der Waals surface area contributed by atoms with Gasteiger partial charge in [-0.1, -0.05) is 0 Å². The van der Waals surface area contributed by atoms with E-state index in [1.165, 1.54) is 12.1 Å². The molecule has 2 aromatic heterocycles. The van der Waals surface area contributed by atoms with Crippen molar-refractivity contribution in [3.8, 4) is 0 Å². The van der Waals surface area contributed by atoms with Crippen LogP contribution in [0.15, 0.2) is 36.7 Å². The van der Waals surface area contributed by atoms with Gasteiger partial charge in [0.15, 0.2) is 0 Å². The van der Waals surface area contributed by atoms with Gasteiger partial charge in [0.2, 0.25) is 11.8 Å². The SMILES string of the molecule is O=C1N(C23CC4CC(C2)C(O)C(C4)C3)CC[C@@]12CCCN(c1ccc(C(F)(F)F)cn1)C2.O=C1N(C23CC4CC(C2)C(O)C(C4)C3)CC[C@@]12CCCN(c1ccc(C(F)(F)F)cn1)C2. The third kappa shape index (κ3) is 6.93. The first kappa shape index (κ1) is 42.9. The van der Waals surface area contributed by atoms with Gasteiger partial charge in [-0.05, 0) is 163 Å². The number of carbonyl (C=O) groups excluding carboxylic acids is 2. The minimum Gasteiger partial charge on any atom is -0.393 e. The highest BCUT2D eigenvalue weighted by atomic mass is 19.4. The molecule has 4 saturated heterocycles. The van der Waals surface area contributed by atoms with Gasteiger partial charge in [-0.2, -0.15) is 26.3 Å². The molecule has 14 rings (SSSR count). The summed E-state index contributed by atoms with van der Waals surface area (Å²) in [5.74, 6) is 4.03. The molecule has 2 N–H and O–H groups in total. The second-order valence-corrected chi connectivity index (χ2v) is 22.2. The average molecular weight is 899 g/mol. The van der Waals surface area contributed by atoms with E-state index in [9.17, 15) is 46.1 Å². The number of hydrogen-bond donors (Lipinski definition) is 2. The molecular weight excluding hydrogens is 839 g/mol. The van der Waals surface area contributed by atoms with Gasteiger partial charge in [0.25, 0.3) is 0 Å². The lowest BCUT2D eigenvalue weighted by atomic mass is 9.51. The number of aliphatic hydroxyl groups excluding tert-OH is 2. The van der Waals surface area contributed by atoms with Gasteiger partial charge < -0.3 is 29.8 Å². The van der Waals surface area contributed by atoms with Gasteiger partial charge in [0.1, 0.15) is 11.6 Å². The van der Waals surface area contributed by atoms with Crippen LogP contribution < -0.4 is 9.80 Å². The van der Waals surface area contributed by atoms with Crippen LogP contribution in [0.4, 0.5) is 38.0 Å². The van der Waals surface area contributed by atoms with Crippen LogP contribution in [0.5, 0.6) is 0 Å². The number of likely N-dealkylation sites (tertiary alicyclic amines) is 2. The summed E-state index contributed by atoms with van der Waals surface area (Å²) < 4.78 is 77.5. The van der Waals surface area contributed by atoms with Crippen molar-refractivity contribution < 1.29 is 46.1 Å². The number of carbonyl (C=O) groups is 2. The Kier molecular flexibility index (Phi) is 10.0. The van der Waals surface area contributed by atoms with Crippen LogP contribution in [0, 0.1) is 46.3 Å². The van der Waals surface area contributed by atoms with Crippen LogP contribution in [0.2, 0.25) is 0 Å². The van der Waals surface area contributed by atoms with Gasteiger partial charge in [0, 0.05) is 62.7 Å². The number of alkyl halides is 6. The van der Waals surface area contributed by atoms with Crippen LogP contribution in [0.3, 0.4) is 0 Å². The van der Waals surface area contributed by atoms with Gasteiger partial charge in [-0.15, -0.1) is 0 Å². The monoisotopic (exact) mass is 898 g/mol. The minimum absolute atomic E-state index is 0.0921. The van der Waals surface area contributed by atoms with Crippen LogP contribution >= 0.6 is 0 Å². The van der Waals surface area contributed by atoms with Gasteiger partial charge in [0.05, 0.1) is 34.2 Å². The first-order valence-corrected chi connectivity index (χ1v) is 24.0. The molecule has 348 valence electrons. The molecule has 4 aliphatic heterocycles. The standard InChI is InChI=1S/2C24H30F3N3O2/c2*25-24(26,27)18-2-3-19(28-13-18)29-6-1-4-22(14-29)5-7-30(21(22)32)23-10-15-8-16(11-23)20(31)17(9-15)12-23/h2*2-3,13,15-17,20,31H,1,4-12,14H2/t2*15?,16?,17?,20?,22-,23?/m11/s1. The van der Waals surface area contributed by atoms with Gasteiger partial charge in [-0.25, -0.2) is 9.97 Å². The fourth-order valence-electron chi connectivity index (χ4n) is 16.0. The lowest BCUT2D eigenvalue weighted by Crippen LogP contribution is -2.65. The van der Waals surface area contributed by atoms with E-state index < -0.39 is 34.3 Å². The summed E-state index contributed by atoms with van der Waals surface area (Å²) >= 11 is 0. The van der Waals surface area contributed by atoms with E-state index in [0.717, 1.165) is 140 Å². The first-order chi connectivity index (χ1) is 30.4. The lowest BCUT2D eigenvalue weighted by Gasteiger charge is -2.61. The van der Waals surface area contributed by atoms with Gasteiger partial charge >= 0.3 is 12.4 Å². The number of rotatable bonds is 4. The molecule has 2 aromatic rings. The molecule has 0 radical (unpaired) electrons. The first-order valence-electron chi connectivity index (χ1n) is 24.0. The van der Waals surface area contributed by atoms with E-state index in [0.29, 0.717) is 73.3 Å². The van der Waals surface area contributed by atoms with E-state index in [1.807, 2.05) is 9.80 Å². The summed E-state index contributed by atoms with van der Waals surface area (Å²) in [5, 5.41) is 21.3. The highest BCUT2D eigenvalue weighted by Crippen LogP contribution is 2.61. The zero-order chi connectivity index (χ0) is 44.6. The van der Waals surface area contributed by atoms with Crippen molar-refractivity contribution in [1.82, 2.24) is 19.8 Å². The summed E-state index contributed by atoms with van der Waals surface area (Å²) in [4.78, 5) is 44.3. The van der Waals surface area contributed by atoms with Crippen molar-refractivity contribution in [2.45, 2.75) is 138 Å². The maximum atomic E-state index is 13.9. The number of nitrogens with zero attached hydrogens (tertiary/aromatic N) is 6. The molecule has 8 aliphatic carbocycles. The lowest BCUT2D eigenvalue weighted by molar-refractivity contribution is -0.168. The van der Waals surface area contributed by atoms with Gasteiger partial charge in [-0.3, -0.25) is 9.59 Å². The fraction of sp³-hybridized carbons (Fsp3) is 0.750. The number of hydrogen-bond acceptors (Lipinski definition) is 8. The Bertz CT molecular complexity index is 1960. The highest BCUT2D eigenvalue weighted by molar-refractivity contribution is 5.87. The Hall–Kier alpha value is -3.66. The number of piperidine rings is 2. The van der Waals surface area contributed by atoms with E-state index >= 15 is 0 Å². The number of halogens is 6. The molecule has 2 amide bonds. The Labute approximate surface area is 370 Å². The number of anilines is 2. The third-order valence-electron chi connectivity index (χ3n) is 18.5. The van der Waals surface area contributed by atoms with Crippen molar-refractivity contribution in [2.24, 2.45) is 46.3 Å². The molecule has 2 spiro atoms. The Morgan fingerprint density at radius 2 is 0.906 bits per heavy atom. The number of pyridine rings is 2. The van der Waals surface area contributed by atoms with Crippen LogP contribution in [0.1, 0.15) is 114 Å². The van der Waals surface area contributed by atoms with Crippen molar-refractivity contribution >= 4 is 23.5 Å². The molecule has 0 aromatic carbocycles. The summed E-state index contributed by atoms with van der Waals surface area (Å²) in [6, 6.07) is 5.01. The number of aromatic nitrogens is 2. The molecule has 10 nitrogen and oxygen atoms in total. The average Bonchev–Trinajstić information content (AvgIpc) is 3.75. The molecule has 12 aliphatic rings. The smallest absolute Gasteiger partial charge is 0.393 e. The molecular formula is C48H60F6N6O4. The normalized spacial score (nSPS) is 41.2. The van der Waals surface area contributed by atoms with Crippen LogP contribution in [0.25, 0.3) is 0 Å². The van der Waals surface area contributed by atoms with Crippen molar-refractivity contribution in [3.63, 3.8) is 0 Å². The Morgan fingerprint density at radius 3 is 1.23 bits per heavy atom. The third-order valence-corrected chi connectivity index (χ3v) is 18.5. The zero-order valence-electron chi connectivity index (χ0n) is 36.3. The molecule has 16 heteroatoms. The van der Waals surface area contributed by atoms with Crippen molar-refractivity contribution in [3.05, 3.63) is 47.8 Å². The fourth-order valence-corrected chi connectivity index (χ4v) is 16.0. The molecule has 4 unspecified atom stereocenters. The maximum Gasteiger partial charge on any atom is 0.417 e. The number of aliphatic hydroxyl groups is 2. The van der Waals surface area contributed by atoms with Crippen molar-refractivity contribution in [2.75, 3.05) is 49.1 Å². The molecule has 64 heavy (non-hydrogen) atoms. The zero-order valence-corrected chi connectivity index (χ0v) is 36.3. The Balaban J connectivity index is 0.000000143. The maximum absolute atomic E-state index is 13.9. The molecule has 12 fully saturated rings. The summed E-state index contributed by atoms with van der Waals surface area (Å²) in [6.45, 7) is 3.98. The predicted molar refractivity (Wildman–Crippen MR) is 223 cm³/mol. The van der Waals surface area contributed by atoms with E-state index in [1.54, 1.807) is 0 Å². The highest BCUT2D eigenvalue weighted by Gasteiger charge is 2.64. The molecule has 8 bridgehead atoms. The molecule has 8 saturated carbocycles. The second-order valence-electron chi connectivity index (χ2n) is 22.2. The van der Waals surface area contributed by atoms with E-state index in [-0.39, 0.29) is 35.1 Å². The van der Waals surface area contributed by atoms with E-state index in [4.69, 9.17) is 0 Å². The van der Waals surface area contributed by atoms with E-state index in [2.05, 4.69) is 19.8 Å². The van der Waals surface area contributed by atoms with Crippen LogP contribution in [-0.4, -0.2) is 104 Å².